The molecule has 32 heavy (non-hydrogen) atoms. The second-order valence-electron chi connectivity index (χ2n) is 8.97. The average molecular weight is 447 g/mol. The first-order valence-corrected chi connectivity index (χ1v) is 12.1. The minimum atomic E-state index is -0.00771. The van der Waals surface area contributed by atoms with Gasteiger partial charge in [0.1, 0.15) is 0 Å². The third-order valence-electron chi connectivity index (χ3n) is 6.66. The highest BCUT2D eigenvalue weighted by atomic mass is 16.5. The van der Waals surface area contributed by atoms with E-state index in [2.05, 4.69) is 57.8 Å². The summed E-state index contributed by atoms with van der Waals surface area (Å²) in [6, 6.07) is 10.9. The number of likely N-dealkylation sites (tertiary alicyclic amines) is 1. The molecule has 3 rings (SSSR count). The number of ether oxygens (including phenoxy) is 3. The Balaban J connectivity index is 1.51. The molecule has 2 aliphatic heterocycles. The predicted octanol–water partition coefficient (Wildman–Crippen LogP) is 2.98. The molecule has 2 aliphatic rings. The molecule has 0 aliphatic carbocycles. The van der Waals surface area contributed by atoms with Gasteiger partial charge in [0.15, 0.2) is 5.96 Å². The summed E-state index contributed by atoms with van der Waals surface area (Å²) in [7, 11) is 3.62. The normalized spacial score (nSPS) is 20.8. The molecule has 0 bridgehead atoms. The van der Waals surface area contributed by atoms with Crippen LogP contribution in [0.4, 0.5) is 0 Å². The highest BCUT2D eigenvalue weighted by Gasteiger charge is 2.34. The van der Waals surface area contributed by atoms with Crippen LogP contribution in [0.1, 0.15) is 50.6 Å². The van der Waals surface area contributed by atoms with Gasteiger partial charge in [-0.15, -0.1) is 0 Å². The van der Waals surface area contributed by atoms with E-state index in [1.807, 2.05) is 7.05 Å². The lowest BCUT2D eigenvalue weighted by Crippen LogP contribution is -2.59. The fourth-order valence-electron chi connectivity index (χ4n) is 4.69. The summed E-state index contributed by atoms with van der Waals surface area (Å²) in [6.07, 6.45) is 5.36. The fourth-order valence-corrected chi connectivity index (χ4v) is 4.69. The molecule has 7 nitrogen and oxygen atoms in total. The molecular weight excluding hydrogens is 404 g/mol. The number of aliphatic imine (C=N–C) groups is 1. The zero-order chi connectivity index (χ0) is 22.7. The van der Waals surface area contributed by atoms with Gasteiger partial charge in [0, 0.05) is 71.8 Å². The highest BCUT2D eigenvalue weighted by molar-refractivity contribution is 5.80. The molecular formula is C25H42N4O3. The maximum atomic E-state index is 6.01. The van der Waals surface area contributed by atoms with Crippen molar-refractivity contribution in [2.45, 2.75) is 56.7 Å². The van der Waals surface area contributed by atoms with Gasteiger partial charge >= 0.3 is 0 Å². The Morgan fingerprint density at radius 3 is 2.56 bits per heavy atom. The summed E-state index contributed by atoms with van der Waals surface area (Å²) in [5.41, 5.74) is 1.31. The van der Waals surface area contributed by atoms with Crippen molar-refractivity contribution in [3.8, 4) is 0 Å². The van der Waals surface area contributed by atoms with Gasteiger partial charge in [0.05, 0.1) is 6.10 Å². The van der Waals surface area contributed by atoms with Crippen molar-refractivity contribution in [2.75, 3.05) is 60.2 Å². The molecule has 2 fully saturated rings. The topological polar surface area (TPSA) is 67.4 Å². The third-order valence-corrected chi connectivity index (χ3v) is 6.66. The van der Waals surface area contributed by atoms with Crippen molar-refractivity contribution in [2.24, 2.45) is 4.99 Å². The molecule has 2 saturated heterocycles. The smallest absolute Gasteiger partial charge is 0.193 e. The first-order valence-electron chi connectivity index (χ1n) is 12.1. The molecule has 2 N–H and O–H groups in total. The molecule has 1 unspecified atom stereocenters. The van der Waals surface area contributed by atoms with E-state index in [0.29, 0.717) is 6.10 Å². The zero-order valence-electron chi connectivity index (χ0n) is 20.1. The third kappa shape index (κ3) is 7.44. The van der Waals surface area contributed by atoms with Crippen LogP contribution in [0.2, 0.25) is 0 Å². The van der Waals surface area contributed by atoms with Crippen LogP contribution in [0.25, 0.3) is 0 Å². The lowest BCUT2D eigenvalue weighted by molar-refractivity contribution is 0.00948. The van der Waals surface area contributed by atoms with Crippen LogP contribution in [0, 0.1) is 0 Å². The molecule has 0 radical (unpaired) electrons. The highest BCUT2D eigenvalue weighted by Crippen LogP contribution is 2.25. The molecule has 1 aromatic carbocycles. The quantitative estimate of drug-likeness (QED) is 0.327. The first kappa shape index (κ1) is 25.0. The van der Waals surface area contributed by atoms with Crippen molar-refractivity contribution < 1.29 is 14.2 Å². The summed E-state index contributed by atoms with van der Waals surface area (Å²) in [5, 5.41) is 7.61. The van der Waals surface area contributed by atoms with Gasteiger partial charge in [-0.25, -0.2) is 0 Å². The Bertz CT molecular complexity index is 671. The second-order valence-corrected chi connectivity index (χ2v) is 8.97. The summed E-state index contributed by atoms with van der Waals surface area (Å²) < 4.78 is 16.8. The Kier molecular flexibility index (Phi) is 10.2. The number of hydrogen-bond acceptors (Lipinski definition) is 5. The van der Waals surface area contributed by atoms with Gasteiger partial charge in [0.25, 0.3) is 0 Å². The lowest BCUT2D eigenvalue weighted by Gasteiger charge is -2.42. The van der Waals surface area contributed by atoms with Crippen LogP contribution in [-0.4, -0.2) is 82.7 Å². The summed E-state index contributed by atoms with van der Waals surface area (Å²) in [5.74, 6) is 0.989. The molecule has 1 aromatic rings. The van der Waals surface area contributed by atoms with E-state index >= 15 is 0 Å². The minimum Gasteiger partial charge on any atom is -0.385 e. The van der Waals surface area contributed by atoms with Crippen LogP contribution < -0.4 is 10.6 Å². The van der Waals surface area contributed by atoms with E-state index in [0.717, 1.165) is 84.1 Å². The van der Waals surface area contributed by atoms with Crippen LogP contribution in [0.15, 0.2) is 35.3 Å². The molecule has 0 amide bonds. The van der Waals surface area contributed by atoms with Gasteiger partial charge < -0.3 is 29.7 Å². The van der Waals surface area contributed by atoms with Crippen LogP contribution in [-0.2, 0) is 14.2 Å². The molecule has 1 atom stereocenters. The number of hydrogen-bond donors (Lipinski definition) is 2. The molecule has 0 spiro atoms. The largest absolute Gasteiger partial charge is 0.385 e. The number of guanidine groups is 1. The second kappa shape index (κ2) is 13.1. The first-order chi connectivity index (χ1) is 15.7. The molecule has 2 heterocycles. The zero-order valence-corrected chi connectivity index (χ0v) is 20.1. The van der Waals surface area contributed by atoms with Crippen molar-refractivity contribution in [3.05, 3.63) is 35.9 Å². The SMILES string of the molecule is CN=C(NCC1(NC(C)c2ccccc2)CCOCC1)N1CCC(OCCCOC)CC1. The molecule has 7 heteroatoms. The number of methoxy groups -OCH3 is 1. The maximum absolute atomic E-state index is 6.01. The average Bonchev–Trinajstić information content (AvgIpc) is 2.84. The number of benzene rings is 1. The molecule has 0 aromatic heterocycles. The fraction of sp³-hybridized carbons (Fsp3) is 0.720. The van der Waals surface area contributed by atoms with Crippen LogP contribution in [0.3, 0.4) is 0 Å². The van der Waals surface area contributed by atoms with Gasteiger partial charge in [-0.05, 0) is 44.6 Å². The van der Waals surface area contributed by atoms with Crippen molar-refractivity contribution in [1.82, 2.24) is 15.5 Å². The van der Waals surface area contributed by atoms with E-state index in [1.165, 1.54) is 5.56 Å². The Labute approximate surface area is 193 Å². The minimum absolute atomic E-state index is 0.00771. The lowest BCUT2D eigenvalue weighted by atomic mass is 9.88. The van der Waals surface area contributed by atoms with Gasteiger partial charge in [-0.2, -0.15) is 0 Å². The van der Waals surface area contributed by atoms with Gasteiger partial charge in [-0.1, -0.05) is 30.3 Å². The molecule has 180 valence electrons. The monoisotopic (exact) mass is 446 g/mol. The summed E-state index contributed by atoms with van der Waals surface area (Å²) in [6.45, 7) is 8.16. The van der Waals surface area contributed by atoms with Crippen molar-refractivity contribution in [1.29, 1.82) is 0 Å². The maximum Gasteiger partial charge on any atom is 0.193 e. The standard InChI is InChI=1S/C25H42N4O3/c1-21(22-8-5-4-6-9-22)28-25(12-18-31-19-13-25)20-27-24(26-2)29-14-10-23(11-15-29)32-17-7-16-30-3/h4-6,8-9,21,23,28H,7,10-20H2,1-3H3,(H,26,27). The predicted molar refractivity (Wildman–Crippen MR) is 129 cm³/mol. The van der Waals surface area contributed by atoms with Crippen molar-refractivity contribution in [3.63, 3.8) is 0 Å². The Morgan fingerprint density at radius 2 is 1.91 bits per heavy atom. The van der Waals surface area contributed by atoms with Crippen LogP contribution in [0.5, 0.6) is 0 Å². The van der Waals surface area contributed by atoms with Crippen LogP contribution >= 0.6 is 0 Å². The molecule has 0 saturated carbocycles. The van der Waals surface area contributed by atoms with E-state index < -0.39 is 0 Å². The number of nitrogens with zero attached hydrogens (tertiary/aromatic N) is 2. The number of nitrogens with one attached hydrogen (secondary N) is 2. The van der Waals surface area contributed by atoms with E-state index in [4.69, 9.17) is 14.2 Å². The summed E-state index contributed by atoms with van der Waals surface area (Å²) in [4.78, 5) is 6.95. The van der Waals surface area contributed by atoms with Gasteiger partial charge in [-0.3, -0.25) is 4.99 Å². The Hall–Kier alpha value is -1.67. The number of piperidine rings is 1. The van der Waals surface area contributed by atoms with E-state index in [9.17, 15) is 0 Å². The van der Waals surface area contributed by atoms with E-state index in [1.54, 1.807) is 7.11 Å². The van der Waals surface area contributed by atoms with E-state index in [-0.39, 0.29) is 11.6 Å². The summed E-state index contributed by atoms with van der Waals surface area (Å²) >= 11 is 0. The Morgan fingerprint density at radius 1 is 1.19 bits per heavy atom. The number of rotatable bonds is 10. The van der Waals surface area contributed by atoms with Crippen molar-refractivity contribution >= 4 is 5.96 Å². The van der Waals surface area contributed by atoms with Gasteiger partial charge in [0.2, 0.25) is 0 Å².